The molecule has 21 heavy (non-hydrogen) atoms. The Morgan fingerprint density at radius 1 is 1.29 bits per heavy atom. The van der Waals surface area contributed by atoms with E-state index < -0.39 is 11.7 Å². The van der Waals surface area contributed by atoms with Crippen LogP contribution in [0, 0.1) is 13.8 Å². The van der Waals surface area contributed by atoms with E-state index in [1.807, 2.05) is 6.92 Å². The number of aromatic nitrogens is 2. The molecule has 0 radical (unpaired) electrons. The lowest BCUT2D eigenvalue weighted by molar-refractivity contribution is -0.137. The van der Waals surface area contributed by atoms with Crippen molar-refractivity contribution >= 4 is 17.3 Å². The third kappa shape index (κ3) is 3.32. The third-order valence-electron chi connectivity index (χ3n) is 3.29. The minimum absolute atomic E-state index is 0.320. The highest BCUT2D eigenvalue weighted by atomic mass is 35.5. The van der Waals surface area contributed by atoms with Crippen LogP contribution in [0.15, 0.2) is 18.2 Å². The van der Waals surface area contributed by atoms with Gasteiger partial charge in [-0.25, -0.2) is 0 Å². The zero-order chi connectivity index (χ0) is 15.8. The lowest BCUT2D eigenvalue weighted by atomic mass is 10.1. The normalized spacial score (nSPS) is 11.8. The molecule has 0 atom stereocenters. The zero-order valence-electron chi connectivity index (χ0n) is 11.8. The standard InChI is InChI=1S/C14H15ClF3N3/c1-8-4-5-10(14(16,17)18)6-12(8)19-7-11-9(2)20-21(3)13(11)15/h4-6,19H,7H2,1-3H3. The number of anilines is 1. The van der Waals surface area contributed by atoms with E-state index in [9.17, 15) is 13.2 Å². The summed E-state index contributed by atoms with van der Waals surface area (Å²) in [5.41, 5.74) is 2.02. The summed E-state index contributed by atoms with van der Waals surface area (Å²) < 4.78 is 39.7. The van der Waals surface area contributed by atoms with Crippen LogP contribution >= 0.6 is 11.6 Å². The van der Waals surface area contributed by atoms with Crippen molar-refractivity contribution < 1.29 is 13.2 Å². The van der Waals surface area contributed by atoms with Crippen molar-refractivity contribution in [3.63, 3.8) is 0 Å². The predicted molar refractivity (Wildman–Crippen MR) is 76.5 cm³/mol. The Kier molecular flexibility index (Phi) is 4.18. The Morgan fingerprint density at radius 2 is 1.95 bits per heavy atom. The number of hydrogen-bond donors (Lipinski definition) is 1. The maximum Gasteiger partial charge on any atom is 0.416 e. The van der Waals surface area contributed by atoms with Crippen LogP contribution in [0.1, 0.15) is 22.4 Å². The van der Waals surface area contributed by atoms with Crippen LogP contribution in [0.25, 0.3) is 0 Å². The molecule has 0 bridgehead atoms. The Labute approximate surface area is 125 Å². The largest absolute Gasteiger partial charge is 0.416 e. The Balaban J connectivity index is 2.24. The molecule has 1 heterocycles. The molecule has 0 aliphatic rings. The summed E-state index contributed by atoms with van der Waals surface area (Å²) in [6, 6.07) is 3.63. The zero-order valence-corrected chi connectivity index (χ0v) is 12.6. The van der Waals surface area contributed by atoms with Gasteiger partial charge in [0.25, 0.3) is 0 Å². The van der Waals surface area contributed by atoms with Gasteiger partial charge in [0.15, 0.2) is 0 Å². The summed E-state index contributed by atoms with van der Waals surface area (Å²) in [5, 5.41) is 7.64. The molecule has 0 aliphatic carbocycles. The Morgan fingerprint density at radius 3 is 2.48 bits per heavy atom. The molecular formula is C14H15ClF3N3. The molecule has 0 aliphatic heterocycles. The molecule has 114 valence electrons. The number of nitrogens with zero attached hydrogens (tertiary/aromatic N) is 2. The molecule has 1 aromatic carbocycles. The van der Waals surface area contributed by atoms with Crippen molar-refractivity contribution in [1.82, 2.24) is 9.78 Å². The van der Waals surface area contributed by atoms with Crippen LogP contribution < -0.4 is 5.32 Å². The molecule has 0 spiro atoms. The first kappa shape index (κ1) is 15.7. The number of halogens is 4. The van der Waals surface area contributed by atoms with Gasteiger partial charge in [0.05, 0.1) is 11.3 Å². The highest BCUT2D eigenvalue weighted by Gasteiger charge is 2.30. The van der Waals surface area contributed by atoms with Crippen molar-refractivity contribution in [3.8, 4) is 0 Å². The predicted octanol–water partition coefficient (Wildman–Crippen LogP) is 4.32. The molecule has 0 unspecified atom stereocenters. The summed E-state index contributed by atoms with van der Waals surface area (Å²) in [6.45, 7) is 3.88. The lowest BCUT2D eigenvalue weighted by Gasteiger charge is -2.13. The number of aryl methyl sites for hydroxylation is 3. The van der Waals surface area contributed by atoms with Crippen LogP contribution in [0.4, 0.5) is 18.9 Å². The fraction of sp³-hybridized carbons (Fsp3) is 0.357. The monoisotopic (exact) mass is 317 g/mol. The number of hydrogen-bond acceptors (Lipinski definition) is 2. The fourth-order valence-corrected chi connectivity index (χ4v) is 2.29. The average molecular weight is 318 g/mol. The van der Waals surface area contributed by atoms with E-state index in [1.54, 1.807) is 14.0 Å². The molecule has 0 saturated carbocycles. The number of benzene rings is 1. The van der Waals surface area contributed by atoms with E-state index in [1.165, 1.54) is 10.7 Å². The van der Waals surface area contributed by atoms with Gasteiger partial charge in [-0.3, -0.25) is 4.68 Å². The molecule has 1 aromatic heterocycles. The van der Waals surface area contributed by atoms with Crippen LogP contribution in [0.5, 0.6) is 0 Å². The molecule has 1 N–H and O–H groups in total. The van der Waals surface area contributed by atoms with Crippen molar-refractivity contribution in [2.24, 2.45) is 7.05 Å². The first-order chi connectivity index (χ1) is 9.70. The second-order valence-corrected chi connectivity index (χ2v) is 5.22. The maximum atomic E-state index is 12.7. The maximum absolute atomic E-state index is 12.7. The Hall–Kier alpha value is -1.69. The van der Waals surface area contributed by atoms with Crippen LogP contribution in [0.2, 0.25) is 5.15 Å². The van der Waals surface area contributed by atoms with Crippen molar-refractivity contribution in [1.29, 1.82) is 0 Å². The molecule has 0 amide bonds. The molecule has 7 heteroatoms. The fourth-order valence-electron chi connectivity index (χ4n) is 2.05. The third-order valence-corrected chi connectivity index (χ3v) is 3.76. The van der Waals surface area contributed by atoms with Gasteiger partial charge in [0.2, 0.25) is 0 Å². The second kappa shape index (κ2) is 5.60. The van der Waals surface area contributed by atoms with Crippen LogP contribution in [-0.2, 0) is 19.8 Å². The average Bonchev–Trinajstić information content (AvgIpc) is 2.62. The summed E-state index contributed by atoms with van der Waals surface area (Å²) >= 11 is 6.10. The smallest absolute Gasteiger partial charge is 0.381 e. The first-order valence-electron chi connectivity index (χ1n) is 6.30. The second-order valence-electron chi connectivity index (χ2n) is 4.86. The van der Waals surface area contributed by atoms with E-state index in [-0.39, 0.29) is 0 Å². The van der Waals surface area contributed by atoms with Gasteiger partial charge >= 0.3 is 6.18 Å². The lowest BCUT2D eigenvalue weighted by Crippen LogP contribution is -2.08. The molecule has 0 saturated heterocycles. The topological polar surface area (TPSA) is 29.9 Å². The molecule has 2 rings (SSSR count). The summed E-state index contributed by atoms with van der Waals surface area (Å²) in [7, 11) is 1.72. The van der Waals surface area contributed by atoms with Gasteiger partial charge in [-0.1, -0.05) is 17.7 Å². The van der Waals surface area contributed by atoms with Gasteiger partial charge in [-0.2, -0.15) is 18.3 Å². The highest BCUT2D eigenvalue weighted by Crippen LogP contribution is 2.32. The summed E-state index contributed by atoms with van der Waals surface area (Å²) in [6.07, 6.45) is -4.36. The van der Waals surface area contributed by atoms with Crippen LogP contribution in [-0.4, -0.2) is 9.78 Å². The Bertz CT molecular complexity index is 662. The highest BCUT2D eigenvalue weighted by molar-refractivity contribution is 6.30. The SMILES string of the molecule is Cc1ccc(C(F)(F)F)cc1NCc1c(C)nn(C)c1Cl. The van der Waals surface area contributed by atoms with E-state index in [0.717, 1.165) is 29.0 Å². The minimum atomic E-state index is -4.36. The van der Waals surface area contributed by atoms with Gasteiger partial charge in [-0.05, 0) is 31.5 Å². The molecule has 2 aromatic rings. The van der Waals surface area contributed by atoms with Crippen molar-refractivity contribution in [2.45, 2.75) is 26.6 Å². The van der Waals surface area contributed by atoms with E-state index in [2.05, 4.69) is 10.4 Å². The van der Waals surface area contributed by atoms with Gasteiger partial charge in [0.1, 0.15) is 5.15 Å². The van der Waals surface area contributed by atoms with E-state index in [0.29, 0.717) is 17.4 Å². The quantitative estimate of drug-likeness (QED) is 0.913. The first-order valence-corrected chi connectivity index (χ1v) is 6.67. The molecule has 0 fully saturated rings. The van der Waals surface area contributed by atoms with Gasteiger partial charge in [0, 0.05) is 24.8 Å². The number of rotatable bonds is 3. The van der Waals surface area contributed by atoms with Gasteiger partial charge in [-0.15, -0.1) is 0 Å². The molecular weight excluding hydrogens is 303 g/mol. The van der Waals surface area contributed by atoms with Crippen molar-refractivity contribution in [3.05, 3.63) is 45.7 Å². The van der Waals surface area contributed by atoms with E-state index >= 15 is 0 Å². The summed E-state index contributed by atoms with van der Waals surface area (Å²) in [4.78, 5) is 0. The van der Waals surface area contributed by atoms with Crippen LogP contribution in [0.3, 0.4) is 0 Å². The minimum Gasteiger partial charge on any atom is -0.381 e. The number of alkyl halides is 3. The molecule has 3 nitrogen and oxygen atoms in total. The van der Waals surface area contributed by atoms with Gasteiger partial charge < -0.3 is 5.32 Å². The van der Waals surface area contributed by atoms with E-state index in [4.69, 9.17) is 11.6 Å². The summed E-state index contributed by atoms with van der Waals surface area (Å²) in [5.74, 6) is 0. The number of nitrogens with one attached hydrogen (secondary N) is 1. The van der Waals surface area contributed by atoms with Crippen molar-refractivity contribution in [2.75, 3.05) is 5.32 Å².